The van der Waals surface area contributed by atoms with Gasteiger partial charge >= 0.3 is 0 Å². The number of carbonyl (C=O) groups excluding carboxylic acids is 1. The third kappa shape index (κ3) is 3.95. The Hall–Kier alpha value is -2.63. The summed E-state index contributed by atoms with van der Waals surface area (Å²) in [7, 11) is -3.76. The molecule has 0 atom stereocenters. The van der Waals surface area contributed by atoms with Crippen LogP contribution < -0.4 is 4.72 Å². The van der Waals surface area contributed by atoms with E-state index >= 15 is 0 Å². The Bertz CT molecular complexity index is 1050. The molecule has 4 nitrogen and oxygen atoms in total. The Morgan fingerprint density at radius 2 is 1.50 bits per heavy atom. The molecule has 132 valence electrons. The maximum absolute atomic E-state index is 12.6. The summed E-state index contributed by atoms with van der Waals surface area (Å²) in [5.41, 5.74) is 2.59. The molecule has 0 amide bonds. The molecule has 3 aromatic carbocycles. The van der Waals surface area contributed by atoms with Crippen molar-refractivity contribution in [1.82, 2.24) is 0 Å². The van der Waals surface area contributed by atoms with E-state index in [1.165, 1.54) is 25.1 Å². The van der Waals surface area contributed by atoms with E-state index in [0.717, 1.165) is 11.1 Å². The highest BCUT2D eigenvalue weighted by Crippen LogP contribution is 2.25. The zero-order chi connectivity index (χ0) is 18.7. The molecule has 0 heterocycles. The Kier molecular flexibility index (Phi) is 5.11. The van der Waals surface area contributed by atoms with Crippen LogP contribution in [0.1, 0.15) is 17.3 Å². The number of halogens is 1. The molecule has 3 rings (SSSR count). The van der Waals surface area contributed by atoms with Crippen LogP contribution in [0.3, 0.4) is 0 Å². The fourth-order valence-electron chi connectivity index (χ4n) is 2.54. The van der Waals surface area contributed by atoms with Crippen molar-refractivity contribution in [3.8, 4) is 11.1 Å². The SMILES string of the molecule is CC(=O)c1ccc(NS(=O)(=O)c2ccc(-c3ccccc3)cc2)cc1Cl. The molecule has 0 bridgehead atoms. The van der Waals surface area contributed by atoms with Gasteiger partial charge < -0.3 is 0 Å². The Labute approximate surface area is 157 Å². The Balaban J connectivity index is 1.84. The van der Waals surface area contributed by atoms with Crippen molar-refractivity contribution in [3.05, 3.63) is 83.4 Å². The fourth-order valence-corrected chi connectivity index (χ4v) is 3.90. The first kappa shape index (κ1) is 18.2. The fraction of sp³-hybridized carbons (Fsp3) is 0.0500. The number of carbonyl (C=O) groups is 1. The number of Topliss-reactive ketones (excluding diaryl/α,β-unsaturated/α-hetero) is 1. The van der Waals surface area contributed by atoms with Gasteiger partial charge in [0.2, 0.25) is 0 Å². The molecule has 1 N–H and O–H groups in total. The van der Waals surface area contributed by atoms with Gasteiger partial charge in [0.1, 0.15) is 0 Å². The summed E-state index contributed by atoms with van der Waals surface area (Å²) in [6.07, 6.45) is 0. The molecule has 0 fully saturated rings. The summed E-state index contributed by atoms with van der Waals surface area (Å²) in [4.78, 5) is 11.6. The van der Waals surface area contributed by atoms with E-state index in [4.69, 9.17) is 11.6 Å². The van der Waals surface area contributed by atoms with Crippen molar-refractivity contribution in [2.45, 2.75) is 11.8 Å². The number of sulfonamides is 1. The van der Waals surface area contributed by atoms with Crippen LogP contribution in [0.5, 0.6) is 0 Å². The van der Waals surface area contributed by atoms with Gasteiger partial charge in [0.05, 0.1) is 15.6 Å². The van der Waals surface area contributed by atoms with Crippen LogP contribution in [0.4, 0.5) is 5.69 Å². The first-order valence-corrected chi connectivity index (χ1v) is 9.72. The smallest absolute Gasteiger partial charge is 0.261 e. The minimum atomic E-state index is -3.76. The first-order chi connectivity index (χ1) is 12.4. The van der Waals surface area contributed by atoms with Crippen LogP contribution in [0, 0.1) is 0 Å². The lowest BCUT2D eigenvalue weighted by atomic mass is 10.1. The predicted octanol–water partition coefficient (Wildman–Crippen LogP) is 5.01. The number of ketones is 1. The van der Waals surface area contributed by atoms with Gasteiger partial charge in [-0.25, -0.2) is 8.42 Å². The van der Waals surface area contributed by atoms with Crippen LogP contribution in [0.15, 0.2) is 77.7 Å². The van der Waals surface area contributed by atoms with Crippen molar-refractivity contribution >= 4 is 33.1 Å². The number of nitrogens with one attached hydrogen (secondary N) is 1. The topological polar surface area (TPSA) is 63.2 Å². The highest BCUT2D eigenvalue weighted by Gasteiger charge is 2.15. The van der Waals surface area contributed by atoms with E-state index in [2.05, 4.69) is 4.72 Å². The monoisotopic (exact) mass is 385 g/mol. The Morgan fingerprint density at radius 3 is 2.08 bits per heavy atom. The number of benzene rings is 3. The van der Waals surface area contributed by atoms with Gasteiger partial charge in [0.15, 0.2) is 5.78 Å². The highest BCUT2D eigenvalue weighted by molar-refractivity contribution is 7.92. The van der Waals surface area contributed by atoms with Crippen molar-refractivity contribution in [2.75, 3.05) is 4.72 Å². The van der Waals surface area contributed by atoms with E-state index in [0.29, 0.717) is 11.3 Å². The molecule has 6 heteroatoms. The lowest BCUT2D eigenvalue weighted by Crippen LogP contribution is -2.13. The normalized spacial score (nSPS) is 11.2. The molecule has 3 aromatic rings. The van der Waals surface area contributed by atoms with Crippen LogP contribution in [-0.4, -0.2) is 14.2 Å². The molecular formula is C20H16ClNO3S. The molecule has 0 aliphatic rings. The molecule has 0 unspecified atom stereocenters. The molecule has 0 aromatic heterocycles. The highest BCUT2D eigenvalue weighted by atomic mass is 35.5. The maximum Gasteiger partial charge on any atom is 0.261 e. The quantitative estimate of drug-likeness (QED) is 0.628. The van der Waals surface area contributed by atoms with Gasteiger partial charge in [-0.05, 0) is 48.4 Å². The lowest BCUT2D eigenvalue weighted by molar-refractivity contribution is 0.101. The van der Waals surface area contributed by atoms with E-state index in [-0.39, 0.29) is 15.7 Å². The standard InChI is InChI=1S/C20H16ClNO3S/c1-14(23)19-12-9-17(13-20(19)21)22-26(24,25)18-10-7-16(8-11-18)15-5-3-2-4-6-15/h2-13,22H,1H3. The number of hydrogen-bond donors (Lipinski definition) is 1. The summed E-state index contributed by atoms with van der Waals surface area (Å²) >= 11 is 6.03. The van der Waals surface area contributed by atoms with Gasteiger partial charge in [0, 0.05) is 5.56 Å². The summed E-state index contributed by atoms with van der Waals surface area (Å²) in [5.74, 6) is -0.180. The number of hydrogen-bond acceptors (Lipinski definition) is 3. The lowest BCUT2D eigenvalue weighted by Gasteiger charge is -2.10. The van der Waals surface area contributed by atoms with Gasteiger partial charge in [-0.2, -0.15) is 0 Å². The second kappa shape index (κ2) is 7.32. The third-order valence-corrected chi connectivity index (χ3v) is 5.58. The Morgan fingerprint density at radius 1 is 0.885 bits per heavy atom. The molecule has 0 aliphatic carbocycles. The van der Waals surface area contributed by atoms with E-state index < -0.39 is 10.0 Å². The molecule has 0 aliphatic heterocycles. The predicted molar refractivity (Wildman–Crippen MR) is 104 cm³/mol. The zero-order valence-corrected chi connectivity index (χ0v) is 15.5. The average Bonchev–Trinajstić information content (AvgIpc) is 2.62. The largest absolute Gasteiger partial charge is 0.294 e. The van der Waals surface area contributed by atoms with Crippen LogP contribution in [-0.2, 0) is 10.0 Å². The molecule has 0 saturated heterocycles. The summed E-state index contributed by atoms with van der Waals surface area (Å²) in [6.45, 7) is 1.40. The van der Waals surface area contributed by atoms with Crippen LogP contribution in [0.25, 0.3) is 11.1 Å². The van der Waals surface area contributed by atoms with Crippen molar-refractivity contribution in [3.63, 3.8) is 0 Å². The van der Waals surface area contributed by atoms with Gasteiger partial charge in [0.25, 0.3) is 10.0 Å². The van der Waals surface area contributed by atoms with Gasteiger partial charge in [-0.15, -0.1) is 0 Å². The van der Waals surface area contributed by atoms with E-state index in [9.17, 15) is 13.2 Å². The molecule has 26 heavy (non-hydrogen) atoms. The van der Waals surface area contributed by atoms with Crippen molar-refractivity contribution in [2.24, 2.45) is 0 Å². The summed E-state index contributed by atoms with van der Waals surface area (Å²) < 4.78 is 27.6. The van der Waals surface area contributed by atoms with Gasteiger partial charge in [-0.3, -0.25) is 9.52 Å². The maximum atomic E-state index is 12.6. The second-order valence-corrected chi connectivity index (χ2v) is 7.84. The van der Waals surface area contributed by atoms with E-state index in [1.807, 2.05) is 30.3 Å². The molecular weight excluding hydrogens is 370 g/mol. The molecule has 0 spiro atoms. The first-order valence-electron chi connectivity index (χ1n) is 7.85. The second-order valence-electron chi connectivity index (χ2n) is 5.75. The van der Waals surface area contributed by atoms with E-state index in [1.54, 1.807) is 24.3 Å². The average molecular weight is 386 g/mol. The van der Waals surface area contributed by atoms with Crippen molar-refractivity contribution in [1.29, 1.82) is 0 Å². The minimum Gasteiger partial charge on any atom is -0.294 e. The minimum absolute atomic E-state index is 0.143. The number of anilines is 1. The summed E-state index contributed by atoms with van der Waals surface area (Å²) in [5, 5.41) is 0.206. The number of rotatable bonds is 5. The van der Waals surface area contributed by atoms with Crippen molar-refractivity contribution < 1.29 is 13.2 Å². The van der Waals surface area contributed by atoms with Crippen LogP contribution in [0.2, 0.25) is 5.02 Å². The molecule has 0 saturated carbocycles. The third-order valence-electron chi connectivity index (χ3n) is 3.87. The zero-order valence-electron chi connectivity index (χ0n) is 13.9. The van der Waals surface area contributed by atoms with Gasteiger partial charge in [-0.1, -0.05) is 54.1 Å². The molecule has 0 radical (unpaired) electrons. The summed E-state index contributed by atoms with van der Waals surface area (Å²) in [6, 6.07) is 20.8. The van der Waals surface area contributed by atoms with Crippen LogP contribution >= 0.6 is 11.6 Å².